The molecule has 6 heteroatoms. The topological polar surface area (TPSA) is 64.7 Å². The van der Waals surface area contributed by atoms with Crippen LogP contribution in [0.25, 0.3) is 98.8 Å². The molecular formula is C44H26N4OS. The van der Waals surface area contributed by atoms with Crippen LogP contribution in [-0.4, -0.2) is 19.9 Å². The predicted molar refractivity (Wildman–Crippen MR) is 205 cm³/mol. The Hall–Kier alpha value is -6.50. The Bertz CT molecular complexity index is 2810. The van der Waals surface area contributed by atoms with E-state index in [-0.39, 0.29) is 0 Å². The third-order valence-corrected chi connectivity index (χ3v) is 10.3. The lowest BCUT2D eigenvalue weighted by Crippen LogP contribution is -1.96. The molecule has 0 aliphatic carbocycles. The first-order valence-corrected chi connectivity index (χ1v) is 17.3. The fourth-order valence-electron chi connectivity index (χ4n) is 6.75. The number of hydrogen-bond acceptors (Lipinski definition) is 6. The van der Waals surface area contributed by atoms with Gasteiger partial charge in [0.05, 0.1) is 11.4 Å². The number of benzene rings is 6. The third kappa shape index (κ3) is 4.77. The van der Waals surface area contributed by atoms with Gasteiger partial charge in [0, 0.05) is 53.4 Å². The van der Waals surface area contributed by atoms with Gasteiger partial charge in [-0.05, 0) is 42.5 Å². The minimum absolute atomic E-state index is 0.648. The van der Waals surface area contributed by atoms with Crippen LogP contribution < -0.4 is 0 Å². The second-order valence-electron chi connectivity index (χ2n) is 12.2. The summed E-state index contributed by atoms with van der Waals surface area (Å²) in [7, 11) is 0. The van der Waals surface area contributed by atoms with Crippen molar-refractivity contribution in [2.45, 2.75) is 0 Å². The van der Waals surface area contributed by atoms with E-state index < -0.39 is 0 Å². The van der Waals surface area contributed by atoms with Crippen LogP contribution in [0.15, 0.2) is 162 Å². The van der Waals surface area contributed by atoms with Crippen molar-refractivity contribution in [3.63, 3.8) is 0 Å². The van der Waals surface area contributed by atoms with E-state index in [1.165, 1.54) is 9.40 Å². The fourth-order valence-corrected chi connectivity index (χ4v) is 7.86. The number of para-hydroxylation sites is 1. The molecule has 0 aliphatic rings. The summed E-state index contributed by atoms with van der Waals surface area (Å²) < 4.78 is 8.71. The number of nitrogens with zero attached hydrogens (tertiary/aromatic N) is 4. The Balaban J connectivity index is 1.20. The molecule has 0 atom stereocenters. The normalized spacial score (nSPS) is 11.6. The second-order valence-corrected chi connectivity index (χ2v) is 13.3. The molecular weight excluding hydrogens is 633 g/mol. The van der Waals surface area contributed by atoms with Gasteiger partial charge in [0.25, 0.3) is 0 Å². The van der Waals surface area contributed by atoms with Gasteiger partial charge in [-0.1, -0.05) is 115 Å². The molecule has 0 N–H and O–H groups in total. The summed E-state index contributed by atoms with van der Waals surface area (Å²) in [5, 5.41) is 3.21. The molecule has 10 rings (SSSR count). The van der Waals surface area contributed by atoms with Gasteiger partial charge in [0.15, 0.2) is 17.2 Å². The van der Waals surface area contributed by atoms with Crippen LogP contribution in [0.5, 0.6) is 0 Å². The molecule has 0 saturated carbocycles. The highest BCUT2D eigenvalue weighted by Gasteiger charge is 2.20. The summed E-state index contributed by atoms with van der Waals surface area (Å²) >= 11 is 1.77. The van der Waals surface area contributed by atoms with Gasteiger partial charge in [0.2, 0.25) is 0 Å². The first-order valence-electron chi connectivity index (χ1n) is 16.5. The molecule has 0 unspecified atom stereocenters. The highest BCUT2D eigenvalue weighted by atomic mass is 32.1. The molecule has 0 spiro atoms. The van der Waals surface area contributed by atoms with Gasteiger partial charge in [0.1, 0.15) is 16.8 Å². The van der Waals surface area contributed by atoms with Crippen LogP contribution in [0.4, 0.5) is 0 Å². The van der Waals surface area contributed by atoms with E-state index in [0.29, 0.717) is 17.2 Å². The third-order valence-electron chi connectivity index (χ3n) is 9.13. The zero-order chi connectivity index (χ0) is 33.0. The summed E-state index contributed by atoms with van der Waals surface area (Å²) in [6, 6.07) is 53.8. The van der Waals surface area contributed by atoms with Crippen molar-refractivity contribution in [3.05, 3.63) is 158 Å². The number of fused-ring (bicyclic) bond motifs is 6. The van der Waals surface area contributed by atoms with Crippen molar-refractivity contribution in [2.75, 3.05) is 0 Å². The fraction of sp³-hybridized carbons (Fsp3) is 0. The molecule has 0 aliphatic heterocycles. The van der Waals surface area contributed by atoms with E-state index in [9.17, 15) is 0 Å². The summed E-state index contributed by atoms with van der Waals surface area (Å²) in [5.41, 5.74) is 9.83. The zero-order valence-electron chi connectivity index (χ0n) is 26.6. The monoisotopic (exact) mass is 658 g/mol. The standard InChI is InChI=1S/C44H26N4OS/c1-4-13-27(14-5-1)34-26-35(28-15-6-2-7-16-28)46-44(45-34)32-20-12-22-38-39(32)33-25-30(23-24-37(33)50-38)43-47-40(29-17-8-3-9-18-29)42-41(48-43)31-19-10-11-21-36(31)49-42/h1-26H. The van der Waals surface area contributed by atoms with Crippen LogP contribution in [0.1, 0.15) is 0 Å². The van der Waals surface area contributed by atoms with E-state index >= 15 is 0 Å². The lowest BCUT2D eigenvalue weighted by molar-refractivity contribution is 0.667. The maximum atomic E-state index is 6.35. The summed E-state index contributed by atoms with van der Waals surface area (Å²) in [5.74, 6) is 1.34. The summed E-state index contributed by atoms with van der Waals surface area (Å²) in [4.78, 5) is 20.6. The molecule has 10 aromatic rings. The Morgan fingerprint density at radius 2 is 1.10 bits per heavy atom. The van der Waals surface area contributed by atoms with E-state index in [0.717, 1.165) is 72.2 Å². The minimum Gasteiger partial charge on any atom is -0.452 e. The van der Waals surface area contributed by atoms with E-state index in [4.69, 9.17) is 24.4 Å². The van der Waals surface area contributed by atoms with E-state index in [1.807, 2.05) is 72.8 Å². The van der Waals surface area contributed by atoms with Gasteiger partial charge in [-0.15, -0.1) is 11.3 Å². The smallest absolute Gasteiger partial charge is 0.180 e. The van der Waals surface area contributed by atoms with Crippen molar-refractivity contribution in [1.82, 2.24) is 19.9 Å². The number of thiophene rings is 1. The van der Waals surface area contributed by atoms with E-state index in [2.05, 4.69) is 84.9 Å². The summed E-state index contributed by atoms with van der Waals surface area (Å²) in [6.45, 7) is 0. The Labute approximate surface area is 291 Å². The lowest BCUT2D eigenvalue weighted by atomic mass is 10.0. The minimum atomic E-state index is 0.648. The molecule has 50 heavy (non-hydrogen) atoms. The first-order chi connectivity index (χ1) is 24.8. The largest absolute Gasteiger partial charge is 0.452 e. The molecule has 4 heterocycles. The van der Waals surface area contributed by atoms with Gasteiger partial charge in [-0.2, -0.15) is 0 Å². The van der Waals surface area contributed by atoms with Crippen molar-refractivity contribution in [1.29, 1.82) is 0 Å². The van der Waals surface area contributed by atoms with Gasteiger partial charge in [-0.3, -0.25) is 0 Å². The quantitative estimate of drug-likeness (QED) is 0.184. The first kappa shape index (κ1) is 28.5. The van der Waals surface area contributed by atoms with Crippen LogP contribution in [0.3, 0.4) is 0 Å². The Morgan fingerprint density at radius 1 is 0.440 bits per heavy atom. The number of rotatable bonds is 5. The van der Waals surface area contributed by atoms with Crippen molar-refractivity contribution in [3.8, 4) is 56.5 Å². The zero-order valence-corrected chi connectivity index (χ0v) is 27.4. The van der Waals surface area contributed by atoms with E-state index in [1.54, 1.807) is 11.3 Å². The second kappa shape index (κ2) is 11.6. The molecule has 0 bridgehead atoms. The molecule has 234 valence electrons. The van der Waals surface area contributed by atoms with Gasteiger partial charge >= 0.3 is 0 Å². The molecule has 6 aromatic carbocycles. The Kier molecular flexibility index (Phi) is 6.60. The maximum absolute atomic E-state index is 6.35. The lowest BCUT2D eigenvalue weighted by Gasteiger charge is -2.11. The SMILES string of the molecule is c1ccc(-c2cc(-c3ccccc3)nc(-c3cccc4sc5ccc(-c6nc(-c7ccccc7)c7oc8ccccc8c7n6)cc5c34)n2)cc1. The molecule has 0 fully saturated rings. The molecule has 5 nitrogen and oxygen atoms in total. The average molecular weight is 659 g/mol. The van der Waals surface area contributed by atoms with Crippen molar-refractivity contribution >= 4 is 53.6 Å². The average Bonchev–Trinajstić information content (AvgIpc) is 3.76. The van der Waals surface area contributed by atoms with Crippen LogP contribution >= 0.6 is 11.3 Å². The molecule has 4 aromatic heterocycles. The van der Waals surface area contributed by atoms with Gasteiger partial charge < -0.3 is 4.42 Å². The molecule has 0 radical (unpaired) electrons. The Morgan fingerprint density at radius 3 is 1.82 bits per heavy atom. The predicted octanol–water partition coefficient (Wildman–Crippen LogP) is 11.9. The van der Waals surface area contributed by atoms with Crippen LogP contribution in [0, 0.1) is 0 Å². The number of aromatic nitrogens is 4. The van der Waals surface area contributed by atoms with Crippen molar-refractivity contribution in [2.24, 2.45) is 0 Å². The summed E-state index contributed by atoms with van der Waals surface area (Å²) in [6.07, 6.45) is 0. The highest BCUT2D eigenvalue weighted by molar-refractivity contribution is 7.26. The number of hydrogen-bond donors (Lipinski definition) is 0. The van der Waals surface area contributed by atoms with Crippen LogP contribution in [0.2, 0.25) is 0 Å². The number of furan rings is 1. The van der Waals surface area contributed by atoms with Gasteiger partial charge in [-0.25, -0.2) is 19.9 Å². The molecule has 0 saturated heterocycles. The highest BCUT2D eigenvalue weighted by Crippen LogP contribution is 2.42. The maximum Gasteiger partial charge on any atom is 0.180 e. The van der Waals surface area contributed by atoms with Crippen LogP contribution in [-0.2, 0) is 0 Å². The van der Waals surface area contributed by atoms with Crippen molar-refractivity contribution < 1.29 is 4.42 Å². The molecule has 0 amide bonds.